The highest BCUT2D eigenvalue weighted by molar-refractivity contribution is 5.60. The molecule has 0 saturated carbocycles. The maximum Gasteiger partial charge on any atom is 0.146 e. The van der Waals surface area contributed by atoms with Gasteiger partial charge in [-0.25, -0.2) is 0 Å². The third-order valence-corrected chi connectivity index (χ3v) is 3.60. The van der Waals surface area contributed by atoms with Crippen LogP contribution in [0.4, 0.5) is 5.69 Å². The van der Waals surface area contributed by atoms with Gasteiger partial charge in [-0.2, -0.15) is 5.10 Å². The summed E-state index contributed by atoms with van der Waals surface area (Å²) in [5.41, 5.74) is 8.72. The van der Waals surface area contributed by atoms with Crippen molar-refractivity contribution >= 4 is 5.69 Å². The van der Waals surface area contributed by atoms with Gasteiger partial charge in [0.25, 0.3) is 0 Å². The molecule has 1 aliphatic rings. The quantitative estimate of drug-likeness (QED) is 0.878. The van der Waals surface area contributed by atoms with Gasteiger partial charge in [-0.05, 0) is 26.8 Å². The van der Waals surface area contributed by atoms with E-state index in [1.807, 2.05) is 29.2 Å². The lowest BCUT2D eigenvalue weighted by Gasteiger charge is -2.17. The molecule has 1 aromatic carbocycles. The molecule has 0 amide bonds. The molecule has 5 nitrogen and oxygen atoms in total. The number of aryl methyl sites for hydroxylation is 1. The number of benzene rings is 1. The van der Waals surface area contributed by atoms with Crippen molar-refractivity contribution < 1.29 is 9.47 Å². The second-order valence-corrected chi connectivity index (χ2v) is 6.03. The molecule has 0 aliphatic carbocycles. The minimum atomic E-state index is -0.171. The zero-order chi connectivity index (χ0) is 15.0. The Morgan fingerprint density at radius 3 is 2.95 bits per heavy atom. The van der Waals surface area contributed by atoms with Gasteiger partial charge in [-0.15, -0.1) is 0 Å². The van der Waals surface area contributed by atoms with E-state index in [9.17, 15) is 0 Å². The van der Waals surface area contributed by atoms with Crippen molar-refractivity contribution in [1.29, 1.82) is 0 Å². The number of nitrogens with zero attached hydrogens (tertiary/aromatic N) is 2. The lowest BCUT2D eigenvalue weighted by Crippen LogP contribution is -2.24. The molecule has 3 rings (SSSR count). The number of aromatic nitrogens is 2. The average Bonchev–Trinajstić information content (AvgIpc) is 2.98. The fourth-order valence-electron chi connectivity index (χ4n) is 2.59. The normalized spacial score (nSPS) is 15.6. The Hall–Kier alpha value is -2.17. The Labute approximate surface area is 124 Å². The molecular formula is C16H21N3O2. The molecule has 21 heavy (non-hydrogen) atoms. The number of rotatable bonds is 4. The van der Waals surface area contributed by atoms with Crippen LogP contribution in [0.15, 0.2) is 24.5 Å². The SMILES string of the molecule is CCn1cc(COc2cc3c(cc2N)CC(C)(C)O3)cn1. The third-order valence-electron chi connectivity index (χ3n) is 3.60. The Balaban J connectivity index is 1.75. The molecular weight excluding hydrogens is 266 g/mol. The highest BCUT2D eigenvalue weighted by atomic mass is 16.5. The zero-order valence-electron chi connectivity index (χ0n) is 12.7. The molecule has 2 aromatic rings. The van der Waals surface area contributed by atoms with Gasteiger partial charge in [0.1, 0.15) is 23.7 Å². The van der Waals surface area contributed by atoms with Crippen molar-refractivity contribution in [3.63, 3.8) is 0 Å². The molecule has 0 saturated heterocycles. The van der Waals surface area contributed by atoms with Gasteiger partial charge < -0.3 is 15.2 Å². The summed E-state index contributed by atoms with van der Waals surface area (Å²) in [7, 11) is 0. The van der Waals surface area contributed by atoms with Crippen molar-refractivity contribution in [1.82, 2.24) is 9.78 Å². The van der Waals surface area contributed by atoms with Crippen molar-refractivity contribution in [2.75, 3.05) is 5.73 Å². The lowest BCUT2D eigenvalue weighted by molar-refractivity contribution is 0.138. The van der Waals surface area contributed by atoms with E-state index in [0.29, 0.717) is 18.0 Å². The van der Waals surface area contributed by atoms with Gasteiger partial charge in [0.15, 0.2) is 0 Å². The fraction of sp³-hybridized carbons (Fsp3) is 0.438. The zero-order valence-corrected chi connectivity index (χ0v) is 12.7. The monoisotopic (exact) mass is 287 g/mol. The van der Waals surface area contributed by atoms with E-state index in [1.165, 1.54) is 0 Å². The van der Waals surface area contributed by atoms with Gasteiger partial charge in [-0.1, -0.05) is 0 Å². The van der Waals surface area contributed by atoms with Gasteiger partial charge >= 0.3 is 0 Å². The minimum absolute atomic E-state index is 0.171. The Morgan fingerprint density at radius 2 is 2.24 bits per heavy atom. The number of nitrogen functional groups attached to an aromatic ring is 1. The molecule has 0 radical (unpaired) electrons. The highest BCUT2D eigenvalue weighted by Gasteiger charge is 2.30. The number of ether oxygens (including phenoxy) is 2. The highest BCUT2D eigenvalue weighted by Crippen LogP contribution is 2.40. The first-order chi connectivity index (χ1) is 9.97. The van der Waals surface area contributed by atoms with E-state index >= 15 is 0 Å². The van der Waals surface area contributed by atoms with E-state index in [-0.39, 0.29) is 5.60 Å². The van der Waals surface area contributed by atoms with Gasteiger partial charge in [0.2, 0.25) is 0 Å². The summed E-state index contributed by atoms with van der Waals surface area (Å²) < 4.78 is 13.6. The molecule has 0 atom stereocenters. The molecule has 0 spiro atoms. The Kier molecular flexibility index (Phi) is 3.27. The van der Waals surface area contributed by atoms with Crippen LogP contribution in [0.5, 0.6) is 11.5 Å². The number of nitrogens with two attached hydrogens (primary N) is 1. The predicted molar refractivity (Wildman–Crippen MR) is 81.5 cm³/mol. The van der Waals surface area contributed by atoms with Crippen LogP contribution in [0, 0.1) is 0 Å². The number of anilines is 1. The number of hydrogen-bond acceptors (Lipinski definition) is 4. The Morgan fingerprint density at radius 1 is 1.43 bits per heavy atom. The molecule has 1 aromatic heterocycles. The number of fused-ring (bicyclic) bond motifs is 1. The summed E-state index contributed by atoms with van der Waals surface area (Å²) in [6, 6.07) is 3.85. The second kappa shape index (κ2) is 4.98. The van der Waals surface area contributed by atoms with Gasteiger partial charge in [0, 0.05) is 36.4 Å². The van der Waals surface area contributed by atoms with Gasteiger partial charge in [-0.3, -0.25) is 4.68 Å². The summed E-state index contributed by atoms with van der Waals surface area (Å²) in [5, 5.41) is 4.23. The molecule has 1 aliphatic heterocycles. The van der Waals surface area contributed by atoms with Crippen LogP contribution in [0.25, 0.3) is 0 Å². The Bertz CT molecular complexity index is 662. The average molecular weight is 287 g/mol. The van der Waals surface area contributed by atoms with Crippen LogP contribution in [-0.4, -0.2) is 15.4 Å². The smallest absolute Gasteiger partial charge is 0.146 e. The molecule has 2 heterocycles. The van der Waals surface area contributed by atoms with Crippen molar-refractivity contribution in [2.45, 2.75) is 45.9 Å². The van der Waals surface area contributed by atoms with Crippen LogP contribution in [0.2, 0.25) is 0 Å². The van der Waals surface area contributed by atoms with Crippen LogP contribution in [-0.2, 0) is 19.6 Å². The standard InChI is InChI=1S/C16H21N3O2/c1-4-19-9-11(8-18-19)10-20-15-6-14-12(5-13(15)17)7-16(2,3)21-14/h5-6,8-9H,4,7,10,17H2,1-3H3. The van der Waals surface area contributed by atoms with E-state index in [2.05, 4.69) is 25.9 Å². The lowest BCUT2D eigenvalue weighted by atomic mass is 10.0. The molecule has 112 valence electrons. The van der Waals surface area contributed by atoms with Crippen molar-refractivity contribution in [2.24, 2.45) is 0 Å². The molecule has 0 fully saturated rings. The molecule has 0 bridgehead atoms. The summed E-state index contributed by atoms with van der Waals surface area (Å²) in [6.45, 7) is 7.50. The van der Waals surface area contributed by atoms with Crippen molar-refractivity contribution in [3.8, 4) is 11.5 Å². The summed E-state index contributed by atoms with van der Waals surface area (Å²) in [6.07, 6.45) is 4.66. The molecule has 5 heteroatoms. The van der Waals surface area contributed by atoms with Crippen LogP contribution < -0.4 is 15.2 Å². The summed E-state index contributed by atoms with van der Waals surface area (Å²) in [5.74, 6) is 1.53. The first-order valence-corrected chi connectivity index (χ1v) is 7.22. The van der Waals surface area contributed by atoms with Gasteiger partial charge in [0.05, 0.1) is 11.9 Å². The molecule has 0 unspecified atom stereocenters. The maximum atomic E-state index is 6.08. The van der Waals surface area contributed by atoms with Crippen LogP contribution in [0.3, 0.4) is 0 Å². The summed E-state index contributed by atoms with van der Waals surface area (Å²) in [4.78, 5) is 0. The molecule has 2 N–H and O–H groups in total. The largest absolute Gasteiger partial charge is 0.487 e. The van der Waals surface area contributed by atoms with E-state index in [1.54, 1.807) is 0 Å². The van der Waals surface area contributed by atoms with Crippen molar-refractivity contribution in [3.05, 3.63) is 35.7 Å². The predicted octanol–water partition coefficient (Wildman–Crippen LogP) is 2.78. The van der Waals surface area contributed by atoms with Crippen LogP contribution in [0.1, 0.15) is 31.9 Å². The summed E-state index contributed by atoms with van der Waals surface area (Å²) >= 11 is 0. The van der Waals surface area contributed by atoms with E-state index in [0.717, 1.165) is 29.8 Å². The third kappa shape index (κ3) is 2.82. The topological polar surface area (TPSA) is 62.3 Å². The van der Waals surface area contributed by atoms with E-state index < -0.39 is 0 Å². The maximum absolute atomic E-state index is 6.08. The minimum Gasteiger partial charge on any atom is -0.487 e. The first-order valence-electron chi connectivity index (χ1n) is 7.22. The number of hydrogen-bond donors (Lipinski definition) is 1. The second-order valence-electron chi connectivity index (χ2n) is 6.03. The van der Waals surface area contributed by atoms with E-state index in [4.69, 9.17) is 15.2 Å². The fourth-order valence-corrected chi connectivity index (χ4v) is 2.59. The first kappa shape index (κ1) is 13.8. The van der Waals surface area contributed by atoms with Crippen LogP contribution >= 0.6 is 0 Å².